The van der Waals surface area contributed by atoms with E-state index in [0.717, 1.165) is 18.8 Å². The second-order valence-corrected chi connectivity index (χ2v) is 4.60. The number of rotatable bonds is 8. The number of ether oxygens (including phenoxy) is 2. The van der Waals surface area contributed by atoms with Crippen molar-refractivity contribution in [3.05, 3.63) is 24.0 Å². The number of aromatic nitrogens is 1. The van der Waals surface area contributed by atoms with E-state index in [9.17, 15) is 4.79 Å². The van der Waals surface area contributed by atoms with Crippen LogP contribution in [0.1, 0.15) is 26.5 Å². The van der Waals surface area contributed by atoms with Crippen LogP contribution in [0.2, 0.25) is 0 Å². The molecule has 0 fully saturated rings. The fourth-order valence-electron chi connectivity index (χ4n) is 1.43. The first-order chi connectivity index (χ1) is 9.11. The number of nitrogens with one attached hydrogen (secondary N) is 1. The average molecular weight is 266 g/mol. The van der Waals surface area contributed by atoms with Crippen molar-refractivity contribution < 1.29 is 14.3 Å². The first kappa shape index (κ1) is 15.4. The van der Waals surface area contributed by atoms with Crippen molar-refractivity contribution in [2.24, 2.45) is 5.92 Å². The van der Waals surface area contributed by atoms with Gasteiger partial charge in [0.1, 0.15) is 5.75 Å². The molecular formula is C14H22N2O3. The molecule has 1 N–H and O–H groups in total. The van der Waals surface area contributed by atoms with Gasteiger partial charge in [0.05, 0.1) is 18.5 Å². The van der Waals surface area contributed by atoms with Crippen molar-refractivity contribution in [3.8, 4) is 5.75 Å². The minimum absolute atomic E-state index is 0.0829. The Morgan fingerprint density at radius 3 is 2.79 bits per heavy atom. The summed E-state index contributed by atoms with van der Waals surface area (Å²) in [5, 5.41) is 3.31. The Bertz CT molecular complexity index is 377. The zero-order valence-corrected chi connectivity index (χ0v) is 11.8. The highest BCUT2D eigenvalue weighted by Crippen LogP contribution is 2.09. The minimum atomic E-state index is -0.370. The van der Waals surface area contributed by atoms with Gasteiger partial charge in [-0.1, -0.05) is 13.8 Å². The van der Waals surface area contributed by atoms with Crippen LogP contribution in [0.3, 0.4) is 0 Å². The average Bonchev–Trinajstić information content (AvgIpc) is 2.38. The van der Waals surface area contributed by atoms with E-state index in [1.54, 1.807) is 19.2 Å². The van der Waals surface area contributed by atoms with Gasteiger partial charge >= 0.3 is 5.97 Å². The molecule has 5 nitrogen and oxygen atoms in total. The summed E-state index contributed by atoms with van der Waals surface area (Å²) < 4.78 is 10.0. The summed E-state index contributed by atoms with van der Waals surface area (Å²) in [6.07, 6.45) is 1.62. The van der Waals surface area contributed by atoms with Crippen molar-refractivity contribution in [1.29, 1.82) is 0 Å². The molecule has 0 aliphatic heterocycles. The quantitative estimate of drug-likeness (QED) is 0.727. The van der Waals surface area contributed by atoms with Gasteiger partial charge in [-0.25, -0.2) is 4.79 Å². The van der Waals surface area contributed by atoms with E-state index in [1.165, 1.54) is 0 Å². The number of carbonyl (C=O) groups is 1. The molecular weight excluding hydrogens is 244 g/mol. The van der Waals surface area contributed by atoms with Crippen LogP contribution in [0.5, 0.6) is 5.75 Å². The van der Waals surface area contributed by atoms with Gasteiger partial charge in [-0.05, 0) is 31.5 Å². The summed E-state index contributed by atoms with van der Waals surface area (Å²) in [4.78, 5) is 15.4. The van der Waals surface area contributed by atoms with E-state index in [1.807, 2.05) is 6.07 Å². The lowest BCUT2D eigenvalue weighted by Crippen LogP contribution is -2.19. The van der Waals surface area contributed by atoms with E-state index in [-0.39, 0.29) is 12.6 Å². The first-order valence-electron chi connectivity index (χ1n) is 6.56. The topological polar surface area (TPSA) is 60.5 Å². The lowest BCUT2D eigenvalue weighted by molar-refractivity contribution is -0.145. The Hall–Kier alpha value is -1.62. The van der Waals surface area contributed by atoms with E-state index >= 15 is 0 Å². The fourth-order valence-corrected chi connectivity index (χ4v) is 1.43. The first-order valence-corrected chi connectivity index (χ1v) is 6.56. The molecule has 0 radical (unpaired) electrons. The van der Waals surface area contributed by atoms with Gasteiger partial charge in [-0.15, -0.1) is 0 Å². The van der Waals surface area contributed by atoms with Gasteiger partial charge in [0.25, 0.3) is 0 Å². The third kappa shape index (κ3) is 6.76. The summed E-state index contributed by atoms with van der Waals surface area (Å²) >= 11 is 0. The molecule has 0 saturated carbocycles. The summed E-state index contributed by atoms with van der Waals surface area (Å²) in [5.41, 5.74) is 0.948. The molecule has 1 aromatic heterocycles. The van der Waals surface area contributed by atoms with E-state index < -0.39 is 0 Å². The molecule has 0 atom stereocenters. The zero-order valence-electron chi connectivity index (χ0n) is 11.8. The molecule has 0 unspecified atom stereocenters. The Balaban J connectivity index is 2.33. The Kier molecular flexibility index (Phi) is 6.89. The maximum atomic E-state index is 11.1. The second-order valence-electron chi connectivity index (χ2n) is 4.60. The number of hydrogen-bond donors (Lipinski definition) is 1. The number of esters is 1. The smallest absolute Gasteiger partial charge is 0.344 e. The molecule has 5 heteroatoms. The fraction of sp³-hybridized carbons (Fsp3) is 0.571. The van der Waals surface area contributed by atoms with E-state index in [0.29, 0.717) is 18.3 Å². The molecule has 0 spiro atoms. The minimum Gasteiger partial charge on any atom is -0.480 e. The predicted octanol–water partition coefficient (Wildman–Crippen LogP) is 1.77. The molecule has 1 aromatic rings. The van der Waals surface area contributed by atoms with Gasteiger partial charge < -0.3 is 14.8 Å². The van der Waals surface area contributed by atoms with Gasteiger partial charge in [0.2, 0.25) is 0 Å². The molecule has 19 heavy (non-hydrogen) atoms. The molecule has 0 amide bonds. The SMILES string of the molecule is CCOC(=O)COc1ccc(CNCC(C)C)nc1. The number of nitrogens with zero attached hydrogens (tertiary/aromatic N) is 1. The summed E-state index contributed by atoms with van der Waals surface area (Å²) in [7, 11) is 0. The van der Waals surface area contributed by atoms with Crippen LogP contribution in [-0.4, -0.2) is 30.7 Å². The van der Waals surface area contributed by atoms with Crippen LogP contribution in [-0.2, 0) is 16.1 Å². The van der Waals surface area contributed by atoms with Crippen LogP contribution in [0.4, 0.5) is 0 Å². The van der Waals surface area contributed by atoms with Crippen LogP contribution in [0.25, 0.3) is 0 Å². The maximum Gasteiger partial charge on any atom is 0.344 e. The van der Waals surface area contributed by atoms with Gasteiger partial charge in [-0.3, -0.25) is 4.98 Å². The lowest BCUT2D eigenvalue weighted by Gasteiger charge is -2.08. The Morgan fingerprint density at radius 2 is 2.21 bits per heavy atom. The van der Waals surface area contributed by atoms with Crippen molar-refractivity contribution in [3.63, 3.8) is 0 Å². The van der Waals surface area contributed by atoms with Crippen LogP contribution in [0.15, 0.2) is 18.3 Å². The molecule has 1 heterocycles. The van der Waals surface area contributed by atoms with Gasteiger partial charge in [0.15, 0.2) is 6.61 Å². The standard InChI is InChI=1S/C14H22N2O3/c1-4-18-14(17)10-19-13-6-5-12(16-9-13)8-15-7-11(2)3/h5-6,9,11,15H,4,7-8,10H2,1-3H3. The normalized spacial score (nSPS) is 10.5. The molecule has 0 aliphatic carbocycles. The van der Waals surface area contributed by atoms with E-state index in [4.69, 9.17) is 9.47 Å². The highest BCUT2D eigenvalue weighted by molar-refractivity contribution is 5.71. The highest BCUT2D eigenvalue weighted by Gasteiger charge is 2.03. The van der Waals surface area contributed by atoms with Crippen molar-refractivity contribution in [2.75, 3.05) is 19.8 Å². The van der Waals surface area contributed by atoms with Crippen molar-refractivity contribution in [2.45, 2.75) is 27.3 Å². The molecule has 0 aromatic carbocycles. The van der Waals surface area contributed by atoms with E-state index in [2.05, 4.69) is 24.1 Å². The molecule has 1 rings (SSSR count). The lowest BCUT2D eigenvalue weighted by atomic mass is 10.2. The van der Waals surface area contributed by atoms with Crippen molar-refractivity contribution >= 4 is 5.97 Å². The molecule has 0 aliphatic rings. The second kappa shape index (κ2) is 8.48. The third-order valence-corrected chi connectivity index (χ3v) is 2.32. The largest absolute Gasteiger partial charge is 0.480 e. The molecule has 0 bridgehead atoms. The zero-order chi connectivity index (χ0) is 14.1. The summed E-state index contributed by atoms with van der Waals surface area (Å²) in [6, 6.07) is 3.69. The Morgan fingerprint density at radius 1 is 1.42 bits per heavy atom. The third-order valence-electron chi connectivity index (χ3n) is 2.32. The van der Waals surface area contributed by atoms with Gasteiger partial charge in [-0.2, -0.15) is 0 Å². The molecule has 0 saturated heterocycles. The van der Waals surface area contributed by atoms with Crippen LogP contribution >= 0.6 is 0 Å². The summed E-state index contributed by atoms with van der Waals surface area (Å²) in [6.45, 7) is 8.05. The van der Waals surface area contributed by atoms with Gasteiger partial charge in [0, 0.05) is 6.54 Å². The maximum absolute atomic E-state index is 11.1. The monoisotopic (exact) mass is 266 g/mol. The highest BCUT2D eigenvalue weighted by atomic mass is 16.6. The Labute approximate surface area is 114 Å². The molecule has 106 valence electrons. The predicted molar refractivity (Wildman–Crippen MR) is 72.9 cm³/mol. The summed E-state index contributed by atoms with van der Waals surface area (Å²) in [5.74, 6) is 0.818. The number of hydrogen-bond acceptors (Lipinski definition) is 5. The van der Waals surface area contributed by atoms with Crippen LogP contribution in [0, 0.1) is 5.92 Å². The number of pyridine rings is 1. The van der Waals surface area contributed by atoms with Crippen LogP contribution < -0.4 is 10.1 Å². The number of carbonyl (C=O) groups excluding carboxylic acids is 1. The van der Waals surface area contributed by atoms with Crippen molar-refractivity contribution in [1.82, 2.24) is 10.3 Å².